The first-order valence-corrected chi connectivity index (χ1v) is 12.2. The summed E-state index contributed by atoms with van der Waals surface area (Å²) in [5.41, 5.74) is 7.91. The lowest BCUT2D eigenvalue weighted by molar-refractivity contribution is -0.146. The van der Waals surface area contributed by atoms with Crippen molar-refractivity contribution >= 4 is 34.5 Å². The molecule has 3 rings (SSSR count). The Labute approximate surface area is 215 Å². The number of rotatable bonds is 12. The molecule has 0 radical (unpaired) electrons. The summed E-state index contributed by atoms with van der Waals surface area (Å²) >= 11 is 0. The average molecular weight is 508 g/mol. The summed E-state index contributed by atoms with van der Waals surface area (Å²) in [5, 5.41) is 3.08. The number of Topliss-reactive ketones (excluding diaryl/α,β-unsaturated/α-hetero) is 1. The van der Waals surface area contributed by atoms with Crippen LogP contribution in [-0.4, -0.2) is 47.9 Å². The summed E-state index contributed by atoms with van der Waals surface area (Å²) in [6, 6.07) is 14.1. The molecular formula is C28H33N3O6. The van der Waals surface area contributed by atoms with Gasteiger partial charge in [0.2, 0.25) is 0 Å². The topological polar surface area (TPSA) is 130 Å². The van der Waals surface area contributed by atoms with Gasteiger partial charge in [-0.05, 0) is 30.0 Å². The van der Waals surface area contributed by atoms with Crippen molar-refractivity contribution in [2.45, 2.75) is 46.2 Å². The molecule has 2 aromatic carbocycles. The standard InChI is InChI=1S/C28H33N3O6/c1-5-17(3)25(28(35)36-4)30-22(32)16-37-21-14-10-13-20-23(21)24(26(33)27(29)34)19(6-2)31(20)15-18-11-8-7-9-12-18/h7-14,17,25H,5-6,15-16H2,1-4H3,(H2,29,34)(H,30,32)/t17-,25+/m0/s1. The van der Waals surface area contributed by atoms with Gasteiger partial charge in [-0.2, -0.15) is 0 Å². The maximum Gasteiger partial charge on any atom is 0.328 e. The lowest BCUT2D eigenvalue weighted by Gasteiger charge is -2.21. The molecule has 0 aliphatic rings. The Morgan fingerprint density at radius 1 is 1.03 bits per heavy atom. The average Bonchev–Trinajstić information content (AvgIpc) is 3.23. The molecule has 0 bridgehead atoms. The second-order valence-corrected chi connectivity index (χ2v) is 8.83. The van der Waals surface area contributed by atoms with Crippen LogP contribution in [0.3, 0.4) is 0 Å². The number of methoxy groups -OCH3 is 1. The Morgan fingerprint density at radius 2 is 1.73 bits per heavy atom. The molecule has 9 heteroatoms. The third-order valence-electron chi connectivity index (χ3n) is 6.47. The van der Waals surface area contributed by atoms with E-state index in [0.29, 0.717) is 36.0 Å². The third kappa shape index (κ3) is 5.99. The van der Waals surface area contributed by atoms with Crippen LogP contribution in [0.1, 0.15) is 48.8 Å². The number of aromatic nitrogens is 1. The zero-order valence-corrected chi connectivity index (χ0v) is 21.6. The SMILES string of the molecule is CCc1c(C(=O)C(N)=O)c2c(OCC(=O)N[C@@H](C(=O)OC)[C@@H](C)CC)cccc2n1Cc1ccccc1. The minimum atomic E-state index is -1.07. The quantitative estimate of drug-likeness (QED) is 0.220. The van der Waals surface area contributed by atoms with Gasteiger partial charge in [-0.1, -0.05) is 63.6 Å². The monoisotopic (exact) mass is 507 g/mol. The molecule has 3 aromatic rings. The largest absolute Gasteiger partial charge is 0.483 e. The Balaban J connectivity index is 2.01. The van der Waals surface area contributed by atoms with Gasteiger partial charge in [0.15, 0.2) is 6.61 Å². The van der Waals surface area contributed by atoms with Crippen molar-refractivity contribution in [3.8, 4) is 5.75 Å². The molecule has 37 heavy (non-hydrogen) atoms. The molecule has 3 N–H and O–H groups in total. The lowest BCUT2D eigenvalue weighted by atomic mass is 9.99. The number of nitrogens with two attached hydrogens (primary N) is 1. The van der Waals surface area contributed by atoms with Crippen molar-refractivity contribution in [3.63, 3.8) is 0 Å². The second-order valence-electron chi connectivity index (χ2n) is 8.83. The van der Waals surface area contributed by atoms with Gasteiger partial charge in [-0.25, -0.2) is 4.79 Å². The minimum Gasteiger partial charge on any atom is -0.483 e. The zero-order chi connectivity index (χ0) is 27.1. The van der Waals surface area contributed by atoms with Crippen LogP contribution < -0.4 is 15.8 Å². The number of hydrogen-bond acceptors (Lipinski definition) is 6. The van der Waals surface area contributed by atoms with E-state index in [4.69, 9.17) is 15.2 Å². The maximum absolute atomic E-state index is 13.0. The van der Waals surface area contributed by atoms with E-state index in [1.165, 1.54) is 7.11 Å². The van der Waals surface area contributed by atoms with Gasteiger partial charge in [0.1, 0.15) is 11.8 Å². The van der Waals surface area contributed by atoms with E-state index >= 15 is 0 Å². The first-order valence-electron chi connectivity index (χ1n) is 12.2. The number of benzene rings is 2. The molecule has 0 saturated heterocycles. The van der Waals surface area contributed by atoms with Crippen molar-refractivity contribution in [1.29, 1.82) is 0 Å². The highest BCUT2D eigenvalue weighted by atomic mass is 16.5. The van der Waals surface area contributed by atoms with Crippen LogP contribution in [-0.2, 0) is 32.1 Å². The van der Waals surface area contributed by atoms with Gasteiger partial charge in [-0.3, -0.25) is 14.4 Å². The minimum absolute atomic E-state index is 0.140. The summed E-state index contributed by atoms with van der Waals surface area (Å²) in [5.74, 6) is -2.83. The molecule has 0 saturated carbocycles. The zero-order valence-electron chi connectivity index (χ0n) is 21.6. The van der Waals surface area contributed by atoms with E-state index in [2.05, 4.69) is 5.32 Å². The number of ether oxygens (including phenoxy) is 2. The fourth-order valence-corrected chi connectivity index (χ4v) is 4.38. The Bertz CT molecular complexity index is 1300. The van der Waals surface area contributed by atoms with Crippen LogP contribution in [0.15, 0.2) is 48.5 Å². The fourth-order valence-electron chi connectivity index (χ4n) is 4.38. The predicted octanol–water partition coefficient (Wildman–Crippen LogP) is 3.00. The van der Waals surface area contributed by atoms with Gasteiger partial charge in [0.05, 0.1) is 23.6 Å². The first kappa shape index (κ1) is 27.4. The predicted molar refractivity (Wildman–Crippen MR) is 139 cm³/mol. The number of carbonyl (C=O) groups is 4. The summed E-state index contributed by atoms with van der Waals surface area (Å²) in [6.45, 7) is 5.70. The van der Waals surface area contributed by atoms with Crippen LogP contribution in [0.2, 0.25) is 0 Å². The van der Waals surface area contributed by atoms with Crippen LogP contribution >= 0.6 is 0 Å². The highest BCUT2D eigenvalue weighted by molar-refractivity contribution is 6.45. The fraction of sp³-hybridized carbons (Fsp3) is 0.357. The lowest BCUT2D eigenvalue weighted by Crippen LogP contribution is -2.47. The maximum atomic E-state index is 13.0. The molecule has 0 spiro atoms. The van der Waals surface area contributed by atoms with Crippen LogP contribution in [0.25, 0.3) is 10.9 Å². The second kappa shape index (κ2) is 12.2. The normalized spacial score (nSPS) is 12.5. The molecule has 2 amide bonds. The Morgan fingerprint density at radius 3 is 2.32 bits per heavy atom. The highest BCUT2D eigenvalue weighted by Gasteiger charge is 2.29. The molecule has 9 nitrogen and oxygen atoms in total. The number of nitrogens with one attached hydrogen (secondary N) is 1. The van der Waals surface area contributed by atoms with Crippen LogP contribution in [0.4, 0.5) is 0 Å². The molecule has 0 aliphatic carbocycles. The summed E-state index contributed by atoms with van der Waals surface area (Å²) in [7, 11) is 1.27. The molecule has 2 atom stereocenters. The van der Waals surface area contributed by atoms with Crippen molar-refractivity contribution in [3.05, 3.63) is 65.4 Å². The number of amides is 2. The van der Waals surface area contributed by atoms with E-state index in [9.17, 15) is 19.2 Å². The van der Waals surface area contributed by atoms with Crippen LogP contribution in [0.5, 0.6) is 5.75 Å². The van der Waals surface area contributed by atoms with Crippen molar-refractivity contribution in [2.75, 3.05) is 13.7 Å². The van der Waals surface area contributed by atoms with Gasteiger partial charge in [-0.15, -0.1) is 0 Å². The third-order valence-corrected chi connectivity index (χ3v) is 6.47. The smallest absolute Gasteiger partial charge is 0.328 e. The van der Waals surface area contributed by atoms with Crippen molar-refractivity contribution in [1.82, 2.24) is 9.88 Å². The van der Waals surface area contributed by atoms with E-state index < -0.39 is 36.2 Å². The molecule has 0 aliphatic heterocycles. The van der Waals surface area contributed by atoms with Gasteiger partial charge in [0.25, 0.3) is 17.6 Å². The molecule has 0 unspecified atom stereocenters. The Hall–Kier alpha value is -4.14. The van der Waals surface area contributed by atoms with Crippen molar-refractivity contribution < 1.29 is 28.7 Å². The summed E-state index contributed by atoms with van der Waals surface area (Å²) in [4.78, 5) is 49.8. The number of hydrogen-bond donors (Lipinski definition) is 2. The van der Waals surface area contributed by atoms with Crippen molar-refractivity contribution in [2.24, 2.45) is 11.7 Å². The van der Waals surface area contributed by atoms with Gasteiger partial charge in [0, 0.05) is 12.2 Å². The summed E-state index contributed by atoms with van der Waals surface area (Å²) in [6.07, 6.45) is 1.12. The highest BCUT2D eigenvalue weighted by Crippen LogP contribution is 2.35. The summed E-state index contributed by atoms with van der Waals surface area (Å²) < 4.78 is 12.6. The molecule has 1 heterocycles. The van der Waals surface area contributed by atoms with E-state index in [-0.39, 0.29) is 17.2 Å². The van der Waals surface area contributed by atoms with E-state index in [1.807, 2.05) is 61.7 Å². The molecule has 196 valence electrons. The number of carbonyl (C=O) groups excluding carboxylic acids is 4. The number of fused-ring (bicyclic) bond motifs is 1. The molecule has 0 fully saturated rings. The molecular weight excluding hydrogens is 474 g/mol. The van der Waals surface area contributed by atoms with E-state index in [1.54, 1.807) is 12.1 Å². The Kier molecular flexibility index (Phi) is 9.05. The number of nitrogens with zero attached hydrogens (tertiary/aromatic N) is 1. The molecule has 1 aromatic heterocycles. The number of esters is 1. The number of primary amides is 1. The van der Waals surface area contributed by atoms with Gasteiger partial charge < -0.3 is 25.1 Å². The first-order chi connectivity index (χ1) is 17.7. The number of ketones is 1. The van der Waals surface area contributed by atoms with Gasteiger partial charge >= 0.3 is 5.97 Å². The van der Waals surface area contributed by atoms with E-state index in [0.717, 1.165) is 5.56 Å². The van der Waals surface area contributed by atoms with Crippen LogP contribution in [0, 0.1) is 5.92 Å².